The molecule has 3 amide bonds. The summed E-state index contributed by atoms with van der Waals surface area (Å²) in [7, 11) is 0. The lowest BCUT2D eigenvalue weighted by atomic mass is 9.76. The number of benzene rings is 2. The topological polar surface area (TPSA) is 78.5 Å². The quantitative estimate of drug-likeness (QED) is 0.717. The molecule has 3 aliphatic rings. The fourth-order valence-corrected chi connectivity index (χ4v) is 5.44. The Balaban J connectivity index is 1.61. The van der Waals surface area contributed by atoms with Crippen molar-refractivity contribution in [2.45, 2.75) is 32.0 Å². The summed E-state index contributed by atoms with van der Waals surface area (Å²) < 4.78 is 13.3. The third-order valence-electron chi connectivity index (χ3n) is 6.68. The first-order chi connectivity index (χ1) is 14.7. The third kappa shape index (κ3) is 2.76. The molecule has 0 bridgehead atoms. The molecule has 2 N–H and O–H groups in total. The van der Waals surface area contributed by atoms with Gasteiger partial charge in [0.25, 0.3) is 0 Å². The van der Waals surface area contributed by atoms with Gasteiger partial charge in [-0.3, -0.25) is 24.6 Å². The Hall–Kier alpha value is -2.77. The summed E-state index contributed by atoms with van der Waals surface area (Å²) in [5.41, 5.74) is 0.463. The first-order valence-corrected chi connectivity index (χ1v) is 10.6. The second-order valence-corrected chi connectivity index (χ2v) is 9.20. The molecule has 160 valence electrons. The summed E-state index contributed by atoms with van der Waals surface area (Å²) in [6, 6.07) is 10.4. The number of amides is 3. The largest absolute Gasteiger partial charge is 0.324 e. The van der Waals surface area contributed by atoms with E-state index >= 15 is 0 Å². The minimum Gasteiger partial charge on any atom is -0.324 e. The van der Waals surface area contributed by atoms with Gasteiger partial charge in [0.2, 0.25) is 17.7 Å². The maximum Gasteiger partial charge on any atom is 0.250 e. The molecule has 8 heteroatoms. The summed E-state index contributed by atoms with van der Waals surface area (Å²) in [6.07, 6.45) is 0. The second-order valence-electron chi connectivity index (χ2n) is 8.76. The Morgan fingerprint density at radius 1 is 1.10 bits per heavy atom. The minimum atomic E-state index is -1.36. The van der Waals surface area contributed by atoms with Crippen LogP contribution in [-0.4, -0.2) is 28.7 Å². The molecule has 5 rings (SSSR count). The number of carbonyl (C=O) groups excluding carboxylic acids is 3. The van der Waals surface area contributed by atoms with Crippen LogP contribution in [0.1, 0.15) is 25.0 Å². The van der Waals surface area contributed by atoms with Crippen molar-refractivity contribution in [2.24, 2.45) is 17.8 Å². The lowest BCUT2D eigenvalue weighted by Crippen LogP contribution is -2.53. The van der Waals surface area contributed by atoms with Gasteiger partial charge >= 0.3 is 0 Å². The van der Waals surface area contributed by atoms with Gasteiger partial charge < -0.3 is 5.32 Å². The molecule has 3 aliphatic heterocycles. The number of imide groups is 1. The number of nitrogens with zero attached hydrogens (tertiary/aromatic N) is 1. The number of likely N-dealkylation sites (tertiary alicyclic amines) is 1. The van der Waals surface area contributed by atoms with Crippen LogP contribution < -0.4 is 10.6 Å². The van der Waals surface area contributed by atoms with E-state index in [9.17, 15) is 18.8 Å². The number of halogens is 2. The molecule has 0 aromatic heterocycles. The van der Waals surface area contributed by atoms with Crippen LogP contribution in [0.25, 0.3) is 0 Å². The smallest absolute Gasteiger partial charge is 0.250 e. The molecular weight excluding hydrogens is 421 g/mol. The van der Waals surface area contributed by atoms with Crippen molar-refractivity contribution in [2.75, 3.05) is 5.32 Å². The average molecular weight is 442 g/mol. The van der Waals surface area contributed by atoms with Gasteiger partial charge in [-0.15, -0.1) is 0 Å². The van der Waals surface area contributed by atoms with Crippen LogP contribution in [0, 0.1) is 23.6 Å². The second kappa shape index (κ2) is 6.87. The molecule has 2 saturated heterocycles. The first kappa shape index (κ1) is 20.2. The van der Waals surface area contributed by atoms with E-state index in [4.69, 9.17) is 11.6 Å². The van der Waals surface area contributed by atoms with Crippen LogP contribution in [0.5, 0.6) is 0 Å². The van der Waals surface area contributed by atoms with Crippen molar-refractivity contribution in [1.29, 1.82) is 0 Å². The Morgan fingerprint density at radius 3 is 2.48 bits per heavy atom. The van der Waals surface area contributed by atoms with E-state index in [-0.39, 0.29) is 36.1 Å². The maximum absolute atomic E-state index is 13.6. The number of rotatable bonds is 3. The maximum atomic E-state index is 13.6. The van der Waals surface area contributed by atoms with Crippen molar-refractivity contribution in [3.63, 3.8) is 0 Å². The Kier molecular flexibility index (Phi) is 4.46. The fraction of sp³-hybridized carbons (Fsp3) is 0.348. The Morgan fingerprint density at radius 2 is 1.81 bits per heavy atom. The van der Waals surface area contributed by atoms with Gasteiger partial charge in [-0.1, -0.05) is 37.6 Å². The van der Waals surface area contributed by atoms with Gasteiger partial charge in [0.05, 0.1) is 18.4 Å². The van der Waals surface area contributed by atoms with Crippen molar-refractivity contribution in [1.82, 2.24) is 10.2 Å². The van der Waals surface area contributed by atoms with Crippen LogP contribution >= 0.6 is 11.6 Å². The fourth-order valence-electron chi connectivity index (χ4n) is 5.27. The lowest BCUT2D eigenvalue weighted by Gasteiger charge is -2.30. The Bertz CT molecular complexity index is 1120. The van der Waals surface area contributed by atoms with Gasteiger partial charge in [-0.25, -0.2) is 4.39 Å². The van der Waals surface area contributed by atoms with E-state index in [1.807, 2.05) is 13.8 Å². The van der Waals surface area contributed by atoms with Gasteiger partial charge in [0, 0.05) is 22.3 Å². The van der Waals surface area contributed by atoms with Crippen molar-refractivity contribution in [3.8, 4) is 0 Å². The highest BCUT2D eigenvalue weighted by Gasteiger charge is 2.70. The molecule has 6 nitrogen and oxygen atoms in total. The highest BCUT2D eigenvalue weighted by Crippen LogP contribution is 2.54. The predicted octanol–water partition coefficient (Wildman–Crippen LogP) is 3.06. The van der Waals surface area contributed by atoms with E-state index in [1.54, 1.807) is 30.3 Å². The molecule has 0 saturated carbocycles. The van der Waals surface area contributed by atoms with Crippen LogP contribution in [0.2, 0.25) is 5.02 Å². The molecule has 31 heavy (non-hydrogen) atoms. The van der Waals surface area contributed by atoms with Crippen molar-refractivity contribution >= 4 is 35.0 Å². The molecule has 2 fully saturated rings. The minimum absolute atomic E-state index is 0.00503. The number of anilines is 1. The zero-order chi connectivity index (χ0) is 22.1. The first-order valence-electron chi connectivity index (χ1n) is 10.2. The lowest BCUT2D eigenvalue weighted by molar-refractivity contribution is -0.143. The van der Waals surface area contributed by atoms with Gasteiger partial charge in [0.15, 0.2) is 0 Å². The van der Waals surface area contributed by atoms with Crippen LogP contribution in [0.4, 0.5) is 10.1 Å². The number of hydrogen-bond acceptors (Lipinski definition) is 4. The van der Waals surface area contributed by atoms with Gasteiger partial charge in [0.1, 0.15) is 11.4 Å². The standard InChI is InChI=1S/C23H21ClFN3O3/c1-11(2)19-17-18(21(30)28(20(17)29)10-12-3-6-14(25)7-4-12)23(27-19)15-9-13(24)5-8-16(15)26-22(23)31/h3-9,11,17-19,27H,10H2,1-2H3,(H,26,31)/t17-,18-,19-,23+/m0/s1. The van der Waals surface area contributed by atoms with Crippen LogP contribution in [-0.2, 0) is 26.5 Å². The Labute approximate surface area is 183 Å². The number of fused-ring (bicyclic) bond motifs is 4. The SMILES string of the molecule is CC(C)[C@@H]1N[C@@]2(C(=O)Nc3ccc(Cl)cc32)[C@@H]2C(=O)N(Cc3ccc(F)cc3)C(=O)[C@@H]21. The monoisotopic (exact) mass is 441 g/mol. The molecule has 2 aromatic rings. The number of hydrogen-bond donors (Lipinski definition) is 2. The summed E-state index contributed by atoms with van der Waals surface area (Å²) in [5.74, 6) is -3.02. The molecule has 0 radical (unpaired) electrons. The predicted molar refractivity (Wildman–Crippen MR) is 112 cm³/mol. The summed E-state index contributed by atoms with van der Waals surface area (Å²) in [5, 5.41) is 6.66. The normalized spacial score (nSPS) is 29.1. The van der Waals surface area contributed by atoms with E-state index in [1.165, 1.54) is 17.0 Å². The van der Waals surface area contributed by atoms with E-state index in [0.717, 1.165) is 0 Å². The molecule has 0 unspecified atom stereocenters. The van der Waals surface area contributed by atoms with Crippen LogP contribution in [0.15, 0.2) is 42.5 Å². The van der Waals surface area contributed by atoms with Gasteiger partial charge in [-0.2, -0.15) is 0 Å². The molecule has 1 spiro atoms. The average Bonchev–Trinajstić information content (AvgIpc) is 3.31. The molecule has 2 aromatic carbocycles. The zero-order valence-corrected chi connectivity index (χ0v) is 17.7. The number of nitrogens with one attached hydrogen (secondary N) is 2. The van der Waals surface area contributed by atoms with Crippen molar-refractivity contribution < 1.29 is 18.8 Å². The highest BCUT2D eigenvalue weighted by molar-refractivity contribution is 6.31. The van der Waals surface area contributed by atoms with Crippen molar-refractivity contribution in [3.05, 3.63) is 64.4 Å². The van der Waals surface area contributed by atoms with Crippen LogP contribution in [0.3, 0.4) is 0 Å². The summed E-state index contributed by atoms with van der Waals surface area (Å²) in [4.78, 5) is 41.6. The molecule has 4 atom stereocenters. The summed E-state index contributed by atoms with van der Waals surface area (Å²) >= 11 is 6.23. The van der Waals surface area contributed by atoms with E-state index < -0.39 is 23.3 Å². The summed E-state index contributed by atoms with van der Waals surface area (Å²) in [6.45, 7) is 3.95. The highest BCUT2D eigenvalue weighted by atomic mass is 35.5. The third-order valence-corrected chi connectivity index (χ3v) is 6.91. The van der Waals surface area contributed by atoms with Gasteiger partial charge in [-0.05, 0) is 41.8 Å². The van der Waals surface area contributed by atoms with E-state index in [0.29, 0.717) is 21.8 Å². The molecular formula is C23H21ClFN3O3. The zero-order valence-electron chi connectivity index (χ0n) is 17.0. The number of carbonyl (C=O) groups is 3. The van der Waals surface area contributed by atoms with E-state index in [2.05, 4.69) is 10.6 Å². The molecule has 0 aliphatic carbocycles. The molecule has 3 heterocycles.